The lowest BCUT2D eigenvalue weighted by molar-refractivity contribution is -0.129. The highest BCUT2D eigenvalue weighted by Crippen LogP contribution is 2.13. The van der Waals surface area contributed by atoms with Gasteiger partial charge in [0.25, 0.3) is 0 Å². The fourth-order valence-electron chi connectivity index (χ4n) is 1.46. The molecule has 16 heavy (non-hydrogen) atoms. The summed E-state index contributed by atoms with van der Waals surface area (Å²) in [6.07, 6.45) is 0.0479. The van der Waals surface area contributed by atoms with Gasteiger partial charge in [0.05, 0.1) is 6.04 Å². The molecule has 3 nitrogen and oxygen atoms in total. The van der Waals surface area contributed by atoms with Crippen molar-refractivity contribution in [1.29, 1.82) is 0 Å². The highest BCUT2D eigenvalue weighted by molar-refractivity contribution is 5.80. The molecule has 0 heterocycles. The number of aliphatic hydroxyl groups excluding tert-OH is 1. The first-order chi connectivity index (χ1) is 7.54. The standard InChI is InChI=1S/C13H19NO2/c1-4-11-5-7-12(8-6-11)9(2)14-13(16)10(3)15/h5-10,15H,4H2,1-3H3,(H,14,16). The van der Waals surface area contributed by atoms with Crippen molar-refractivity contribution in [3.63, 3.8) is 0 Å². The summed E-state index contributed by atoms with van der Waals surface area (Å²) in [6, 6.07) is 8.05. The molecule has 2 atom stereocenters. The van der Waals surface area contributed by atoms with Gasteiger partial charge in [-0.25, -0.2) is 0 Å². The van der Waals surface area contributed by atoms with Gasteiger partial charge in [-0.15, -0.1) is 0 Å². The summed E-state index contributed by atoms with van der Waals surface area (Å²) in [5.41, 5.74) is 2.32. The Morgan fingerprint density at radius 2 is 1.88 bits per heavy atom. The van der Waals surface area contributed by atoms with E-state index in [0.717, 1.165) is 12.0 Å². The first-order valence-corrected chi connectivity index (χ1v) is 5.62. The van der Waals surface area contributed by atoms with E-state index in [9.17, 15) is 4.79 Å². The van der Waals surface area contributed by atoms with Crippen LogP contribution in [0.25, 0.3) is 0 Å². The van der Waals surface area contributed by atoms with E-state index < -0.39 is 6.10 Å². The molecule has 1 rings (SSSR count). The Kier molecular flexibility index (Phi) is 4.50. The number of hydrogen-bond donors (Lipinski definition) is 2. The maximum Gasteiger partial charge on any atom is 0.249 e. The van der Waals surface area contributed by atoms with Gasteiger partial charge in [0, 0.05) is 0 Å². The maximum atomic E-state index is 11.3. The predicted octanol–water partition coefficient (Wildman–Crippen LogP) is 1.81. The average Bonchev–Trinajstić information content (AvgIpc) is 2.28. The van der Waals surface area contributed by atoms with E-state index in [1.807, 2.05) is 19.1 Å². The first kappa shape index (κ1) is 12.7. The van der Waals surface area contributed by atoms with Gasteiger partial charge in [-0.3, -0.25) is 4.79 Å². The molecule has 0 saturated heterocycles. The molecule has 88 valence electrons. The molecule has 0 aliphatic heterocycles. The minimum absolute atomic E-state index is 0.0759. The summed E-state index contributed by atoms with van der Waals surface area (Å²) in [5.74, 6) is -0.341. The molecule has 0 aromatic heterocycles. The van der Waals surface area contributed by atoms with Gasteiger partial charge >= 0.3 is 0 Å². The molecule has 3 heteroatoms. The van der Waals surface area contributed by atoms with Crippen LogP contribution in [-0.4, -0.2) is 17.1 Å². The Morgan fingerprint density at radius 3 is 2.31 bits per heavy atom. The molecular weight excluding hydrogens is 202 g/mol. The van der Waals surface area contributed by atoms with Crippen molar-refractivity contribution in [2.24, 2.45) is 0 Å². The molecule has 0 aliphatic rings. The predicted molar refractivity (Wildman–Crippen MR) is 64.1 cm³/mol. The topological polar surface area (TPSA) is 49.3 Å². The van der Waals surface area contributed by atoms with Gasteiger partial charge in [0.1, 0.15) is 6.10 Å². The summed E-state index contributed by atoms with van der Waals surface area (Å²) in [4.78, 5) is 11.3. The minimum Gasteiger partial charge on any atom is -0.384 e. The average molecular weight is 221 g/mol. The van der Waals surface area contributed by atoms with Crippen LogP contribution in [0.4, 0.5) is 0 Å². The molecule has 2 N–H and O–H groups in total. The van der Waals surface area contributed by atoms with Crippen molar-refractivity contribution in [3.8, 4) is 0 Å². The van der Waals surface area contributed by atoms with E-state index >= 15 is 0 Å². The quantitative estimate of drug-likeness (QED) is 0.814. The highest BCUT2D eigenvalue weighted by atomic mass is 16.3. The monoisotopic (exact) mass is 221 g/mol. The lowest BCUT2D eigenvalue weighted by Gasteiger charge is -2.15. The molecule has 0 fully saturated rings. The van der Waals surface area contributed by atoms with E-state index in [4.69, 9.17) is 5.11 Å². The van der Waals surface area contributed by atoms with Crippen LogP contribution in [0.3, 0.4) is 0 Å². The van der Waals surface area contributed by atoms with E-state index in [1.54, 1.807) is 0 Å². The molecule has 1 aromatic rings. The van der Waals surface area contributed by atoms with Crippen LogP contribution >= 0.6 is 0 Å². The molecule has 0 aliphatic carbocycles. The zero-order valence-electron chi connectivity index (χ0n) is 10.0. The fourth-order valence-corrected chi connectivity index (χ4v) is 1.46. The second-order valence-electron chi connectivity index (χ2n) is 4.00. The lowest BCUT2D eigenvalue weighted by Crippen LogP contribution is -2.34. The highest BCUT2D eigenvalue weighted by Gasteiger charge is 2.13. The van der Waals surface area contributed by atoms with Gasteiger partial charge in [-0.1, -0.05) is 31.2 Å². The number of carbonyl (C=O) groups is 1. The Hall–Kier alpha value is -1.35. The summed E-state index contributed by atoms with van der Waals surface area (Å²) < 4.78 is 0. The normalized spacial score (nSPS) is 14.2. The lowest BCUT2D eigenvalue weighted by atomic mass is 10.0. The summed E-state index contributed by atoms with van der Waals surface area (Å²) >= 11 is 0. The van der Waals surface area contributed by atoms with E-state index in [-0.39, 0.29) is 11.9 Å². The van der Waals surface area contributed by atoms with E-state index in [0.29, 0.717) is 0 Å². The number of hydrogen-bond acceptors (Lipinski definition) is 2. The summed E-state index contributed by atoms with van der Waals surface area (Å²) in [6.45, 7) is 5.47. The molecule has 1 amide bonds. The number of rotatable bonds is 4. The molecule has 0 radical (unpaired) electrons. The van der Waals surface area contributed by atoms with Crippen LogP contribution in [0.1, 0.15) is 37.9 Å². The van der Waals surface area contributed by atoms with Crippen LogP contribution < -0.4 is 5.32 Å². The third-order valence-corrected chi connectivity index (χ3v) is 2.63. The fraction of sp³-hybridized carbons (Fsp3) is 0.462. The largest absolute Gasteiger partial charge is 0.384 e. The Balaban J connectivity index is 2.65. The van der Waals surface area contributed by atoms with Crippen LogP contribution in [0.2, 0.25) is 0 Å². The van der Waals surface area contributed by atoms with Crippen molar-refractivity contribution in [1.82, 2.24) is 5.32 Å². The van der Waals surface area contributed by atoms with Gasteiger partial charge in [0.2, 0.25) is 5.91 Å². The van der Waals surface area contributed by atoms with Crippen molar-refractivity contribution in [2.45, 2.75) is 39.3 Å². The van der Waals surface area contributed by atoms with E-state index in [2.05, 4.69) is 24.4 Å². The molecule has 0 saturated carbocycles. The third-order valence-electron chi connectivity index (χ3n) is 2.63. The summed E-state index contributed by atoms with van der Waals surface area (Å²) in [5, 5.41) is 11.8. The number of aliphatic hydroxyl groups is 1. The first-order valence-electron chi connectivity index (χ1n) is 5.62. The number of carbonyl (C=O) groups excluding carboxylic acids is 1. The zero-order valence-corrected chi connectivity index (χ0v) is 10.0. The number of amides is 1. The smallest absolute Gasteiger partial charge is 0.249 e. The minimum atomic E-state index is -0.961. The molecular formula is C13H19NO2. The molecule has 0 spiro atoms. The Labute approximate surface area is 96.5 Å². The summed E-state index contributed by atoms with van der Waals surface area (Å²) in [7, 11) is 0. The van der Waals surface area contributed by atoms with Crippen molar-refractivity contribution >= 4 is 5.91 Å². The Morgan fingerprint density at radius 1 is 1.31 bits per heavy atom. The number of aryl methyl sites for hydroxylation is 1. The zero-order chi connectivity index (χ0) is 12.1. The van der Waals surface area contributed by atoms with Crippen molar-refractivity contribution in [3.05, 3.63) is 35.4 Å². The van der Waals surface area contributed by atoms with Crippen molar-refractivity contribution < 1.29 is 9.90 Å². The van der Waals surface area contributed by atoms with Gasteiger partial charge in [0.15, 0.2) is 0 Å². The molecule has 0 bridgehead atoms. The van der Waals surface area contributed by atoms with Gasteiger partial charge < -0.3 is 10.4 Å². The number of benzene rings is 1. The third kappa shape index (κ3) is 3.35. The van der Waals surface area contributed by atoms with Crippen molar-refractivity contribution in [2.75, 3.05) is 0 Å². The molecule has 1 aromatic carbocycles. The maximum absolute atomic E-state index is 11.3. The van der Waals surface area contributed by atoms with Gasteiger partial charge in [-0.2, -0.15) is 0 Å². The van der Waals surface area contributed by atoms with Gasteiger partial charge in [-0.05, 0) is 31.4 Å². The Bertz CT molecular complexity index is 343. The van der Waals surface area contributed by atoms with Crippen LogP contribution in [0.15, 0.2) is 24.3 Å². The molecule has 2 unspecified atom stereocenters. The van der Waals surface area contributed by atoms with Crippen LogP contribution in [0.5, 0.6) is 0 Å². The SMILES string of the molecule is CCc1ccc(C(C)NC(=O)C(C)O)cc1. The van der Waals surface area contributed by atoms with E-state index in [1.165, 1.54) is 12.5 Å². The number of nitrogens with one attached hydrogen (secondary N) is 1. The second-order valence-corrected chi connectivity index (χ2v) is 4.00. The second kappa shape index (κ2) is 5.66. The van der Waals surface area contributed by atoms with Crippen LogP contribution in [0, 0.1) is 0 Å². The van der Waals surface area contributed by atoms with Crippen LogP contribution in [-0.2, 0) is 11.2 Å².